The Labute approximate surface area is 146 Å². The Morgan fingerprint density at radius 2 is 1.96 bits per heavy atom. The van der Waals surface area contributed by atoms with Crippen LogP contribution in [0.4, 0.5) is 8.78 Å². The first-order valence-corrected chi connectivity index (χ1v) is 8.33. The molecule has 0 radical (unpaired) electrons. The van der Waals surface area contributed by atoms with Crippen LogP contribution in [0.1, 0.15) is 24.9 Å². The molecule has 1 atom stereocenters. The Balaban J connectivity index is 1.82. The van der Waals surface area contributed by atoms with E-state index in [0.29, 0.717) is 30.8 Å². The number of rotatable bonds is 7. The maximum atomic E-state index is 14.9. The maximum Gasteiger partial charge on any atom is 0.198 e. The van der Waals surface area contributed by atoms with Crippen molar-refractivity contribution in [2.24, 2.45) is 4.99 Å². The van der Waals surface area contributed by atoms with Crippen molar-refractivity contribution in [3.05, 3.63) is 71.8 Å². The lowest BCUT2D eigenvalue weighted by Gasteiger charge is -2.19. The van der Waals surface area contributed by atoms with E-state index in [9.17, 15) is 8.78 Å². The van der Waals surface area contributed by atoms with Crippen LogP contribution >= 0.6 is 0 Å². The molecule has 0 saturated heterocycles. The van der Waals surface area contributed by atoms with Crippen LogP contribution in [-0.4, -0.2) is 18.8 Å². The second kappa shape index (κ2) is 8.03. The Bertz CT molecular complexity index is 788. The lowest BCUT2D eigenvalue weighted by Crippen LogP contribution is -2.27. The first-order valence-electron chi connectivity index (χ1n) is 8.33. The summed E-state index contributed by atoms with van der Waals surface area (Å²) < 4.78 is 34.4. The molecule has 1 heterocycles. The third-order valence-corrected chi connectivity index (χ3v) is 4.07. The van der Waals surface area contributed by atoms with Crippen molar-refractivity contribution in [3.8, 4) is 11.5 Å². The second-order valence-corrected chi connectivity index (χ2v) is 5.77. The monoisotopic (exact) mass is 342 g/mol. The minimum Gasteiger partial charge on any atom is -0.451 e. The molecule has 0 bridgehead atoms. The molecule has 1 aliphatic heterocycles. The standard InChI is InChI=1S/C20H20F2N2O/c1-2-18(24-13-14-7-6-12-23-14)16-10-11-17(21)20(19(16)22)25-15-8-4-3-5-9-15/h3-11,18,24H,2,12-13H2,1H3. The average molecular weight is 342 g/mol. The van der Waals surface area contributed by atoms with Gasteiger partial charge in [0.25, 0.3) is 0 Å². The third kappa shape index (κ3) is 4.12. The molecule has 130 valence electrons. The number of hydrogen-bond donors (Lipinski definition) is 1. The van der Waals surface area contributed by atoms with Gasteiger partial charge in [-0.05, 0) is 30.7 Å². The predicted octanol–water partition coefficient (Wildman–Crippen LogP) is 4.81. The molecule has 0 saturated carbocycles. The molecule has 2 aromatic rings. The van der Waals surface area contributed by atoms with Gasteiger partial charge in [-0.1, -0.05) is 37.3 Å². The molecule has 0 aliphatic carbocycles. The molecule has 0 fully saturated rings. The van der Waals surface area contributed by atoms with E-state index in [-0.39, 0.29) is 11.8 Å². The first-order chi connectivity index (χ1) is 12.2. The third-order valence-electron chi connectivity index (χ3n) is 4.07. The smallest absolute Gasteiger partial charge is 0.198 e. The summed E-state index contributed by atoms with van der Waals surface area (Å²) >= 11 is 0. The van der Waals surface area contributed by atoms with Gasteiger partial charge in [-0.3, -0.25) is 4.99 Å². The Hall–Kier alpha value is -2.53. The zero-order chi connectivity index (χ0) is 17.6. The summed E-state index contributed by atoms with van der Waals surface area (Å²) in [4.78, 5) is 4.31. The van der Waals surface area contributed by atoms with Crippen LogP contribution in [0.3, 0.4) is 0 Å². The molecule has 3 nitrogen and oxygen atoms in total. The van der Waals surface area contributed by atoms with Gasteiger partial charge in [0.2, 0.25) is 0 Å². The van der Waals surface area contributed by atoms with E-state index in [1.807, 2.05) is 25.1 Å². The molecule has 0 spiro atoms. The van der Waals surface area contributed by atoms with E-state index in [2.05, 4.69) is 10.3 Å². The summed E-state index contributed by atoms with van der Waals surface area (Å²) in [6.45, 7) is 3.18. The topological polar surface area (TPSA) is 33.6 Å². The summed E-state index contributed by atoms with van der Waals surface area (Å²) in [6.07, 6.45) is 4.58. The van der Waals surface area contributed by atoms with Gasteiger partial charge in [-0.25, -0.2) is 8.78 Å². The number of nitrogens with zero attached hydrogens (tertiary/aromatic N) is 1. The average Bonchev–Trinajstić information content (AvgIpc) is 3.15. The fraction of sp³-hybridized carbons (Fsp3) is 0.250. The quantitative estimate of drug-likeness (QED) is 0.783. The van der Waals surface area contributed by atoms with E-state index < -0.39 is 11.6 Å². The molecule has 5 heteroatoms. The number of ether oxygens (including phenoxy) is 1. The highest BCUT2D eigenvalue weighted by molar-refractivity contribution is 5.98. The molecule has 1 N–H and O–H groups in total. The number of hydrogen-bond acceptors (Lipinski definition) is 3. The van der Waals surface area contributed by atoms with Crippen LogP contribution in [-0.2, 0) is 0 Å². The minimum absolute atomic E-state index is 0.254. The molecule has 0 amide bonds. The van der Waals surface area contributed by atoms with E-state index >= 15 is 0 Å². The molecule has 0 aromatic heterocycles. The van der Waals surface area contributed by atoms with Gasteiger partial charge in [0.1, 0.15) is 5.75 Å². The fourth-order valence-corrected chi connectivity index (χ4v) is 2.75. The van der Waals surface area contributed by atoms with Crippen LogP contribution in [0, 0.1) is 11.6 Å². The Morgan fingerprint density at radius 3 is 2.64 bits per heavy atom. The largest absolute Gasteiger partial charge is 0.451 e. The molecule has 1 aliphatic rings. The van der Waals surface area contributed by atoms with Crippen molar-refractivity contribution >= 4 is 5.71 Å². The van der Waals surface area contributed by atoms with Crippen molar-refractivity contribution in [3.63, 3.8) is 0 Å². The van der Waals surface area contributed by atoms with E-state index in [1.54, 1.807) is 24.3 Å². The van der Waals surface area contributed by atoms with Gasteiger partial charge < -0.3 is 10.1 Å². The summed E-state index contributed by atoms with van der Waals surface area (Å²) in [7, 11) is 0. The Morgan fingerprint density at radius 1 is 1.16 bits per heavy atom. The van der Waals surface area contributed by atoms with Crippen LogP contribution in [0.15, 0.2) is 59.6 Å². The summed E-state index contributed by atoms with van der Waals surface area (Å²) in [6, 6.07) is 11.1. The number of halogens is 2. The normalized spacial score (nSPS) is 14.4. The molecular weight excluding hydrogens is 322 g/mol. The molecule has 3 rings (SSSR count). The zero-order valence-corrected chi connectivity index (χ0v) is 14.0. The number of aliphatic imine (C=N–C) groups is 1. The van der Waals surface area contributed by atoms with Crippen molar-refractivity contribution in [1.29, 1.82) is 0 Å². The fourth-order valence-electron chi connectivity index (χ4n) is 2.75. The summed E-state index contributed by atoms with van der Waals surface area (Å²) in [5, 5.41) is 3.28. The molecule has 2 aromatic carbocycles. The SMILES string of the molecule is CCC(NCC1=NCC=C1)c1ccc(F)c(Oc2ccccc2)c1F. The van der Waals surface area contributed by atoms with Crippen LogP contribution in [0.5, 0.6) is 11.5 Å². The minimum atomic E-state index is -0.719. The van der Waals surface area contributed by atoms with Crippen molar-refractivity contribution in [2.75, 3.05) is 13.1 Å². The first kappa shape index (κ1) is 17.3. The number of nitrogens with one attached hydrogen (secondary N) is 1. The van der Waals surface area contributed by atoms with Gasteiger partial charge >= 0.3 is 0 Å². The van der Waals surface area contributed by atoms with Gasteiger partial charge in [0, 0.05) is 23.9 Å². The van der Waals surface area contributed by atoms with E-state index in [0.717, 1.165) is 5.71 Å². The van der Waals surface area contributed by atoms with Gasteiger partial charge in [-0.2, -0.15) is 0 Å². The van der Waals surface area contributed by atoms with Gasteiger partial charge in [0.15, 0.2) is 17.4 Å². The van der Waals surface area contributed by atoms with Crippen molar-refractivity contribution in [2.45, 2.75) is 19.4 Å². The zero-order valence-electron chi connectivity index (χ0n) is 14.0. The Kier molecular flexibility index (Phi) is 5.56. The van der Waals surface area contributed by atoms with Crippen molar-refractivity contribution in [1.82, 2.24) is 5.32 Å². The second-order valence-electron chi connectivity index (χ2n) is 5.77. The maximum absolute atomic E-state index is 14.9. The molecular formula is C20H20F2N2O. The number of para-hydroxylation sites is 1. The predicted molar refractivity (Wildman–Crippen MR) is 95.4 cm³/mol. The van der Waals surface area contributed by atoms with E-state index in [4.69, 9.17) is 4.74 Å². The van der Waals surface area contributed by atoms with Gasteiger partial charge in [-0.15, -0.1) is 0 Å². The highest BCUT2D eigenvalue weighted by Gasteiger charge is 2.21. The highest BCUT2D eigenvalue weighted by atomic mass is 19.1. The highest BCUT2D eigenvalue weighted by Crippen LogP contribution is 2.32. The molecule has 1 unspecified atom stereocenters. The van der Waals surface area contributed by atoms with Crippen LogP contribution < -0.4 is 10.1 Å². The van der Waals surface area contributed by atoms with Crippen LogP contribution in [0.25, 0.3) is 0 Å². The van der Waals surface area contributed by atoms with Gasteiger partial charge in [0.05, 0.1) is 6.54 Å². The summed E-state index contributed by atoms with van der Waals surface area (Å²) in [5.41, 5.74) is 1.32. The summed E-state index contributed by atoms with van der Waals surface area (Å²) in [5.74, 6) is -1.37. The lowest BCUT2D eigenvalue weighted by atomic mass is 10.0. The van der Waals surface area contributed by atoms with Crippen LogP contribution in [0.2, 0.25) is 0 Å². The number of benzene rings is 2. The molecule has 25 heavy (non-hydrogen) atoms. The van der Waals surface area contributed by atoms with E-state index in [1.165, 1.54) is 12.1 Å². The van der Waals surface area contributed by atoms with Crippen molar-refractivity contribution < 1.29 is 13.5 Å². The lowest BCUT2D eigenvalue weighted by molar-refractivity contribution is 0.397.